The molecule has 0 aliphatic carbocycles. The van der Waals surface area contributed by atoms with Gasteiger partial charge < -0.3 is 15.7 Å². The molecule has 1 saturated heterocycles. The number of amides is 1. The third-order valence-electron chi connectivity index (χ3n) is 4.38. The number of halogens is 1. The third-order valence-corrected chi connectivity index (χ3v) is 4.38. The lowest BCUT2D eigenvalue weighted by molar-refractivity contribution is -0.152. The fourth-order valence-corrected chi connectivity index (χ4v) is 2.74. The van der Waals surface area contributed by atoms with E-state index < -0.39 is 17.2 Å². The van der Waals surface area contributed by atoms with Crippen molar-refractivity contribution in [1.82, 2.24) is 4.90 Å². The number of hydrogen-bond donors (Lipinski definition) is 2. The van der Waals surface area contributed by atoms with Gasteiger partial charge in [0.1, 0.15) is 5.82 Å². The topological polar surface area (TPSA) is 83.6 Å². The number of nitrogens with two attached hydrogens (primary N) is 1. The average Bonchev–Trinajstić information content (AvgIpc) is 2.49. The maximum Gasteiger partial charge on any atom is 0.309 e. The highest BCUT2D eigenvalue weighted by Crippen LogP contribution is 2.35. The van der Waals surface area contributed by atoms with Crippen LogP contribution < -0.4 is 5.73 Å². The molecule has 0 unspecified atom stereocenters. The number of carboxylic acid groups (broad SMARTS) is 1. The van der Waals surface area contributed by atoms with Crippen molar-refractivity contribution >= 4 is 17.6 Å². The molecule has 2 rings (SSSR count). The van der Waals surface area contributed by atoms with Crippen LogP contribution in [-0.2, 0) is 4.79 Å². The number of likely N-dealkylation sites (tertiary alicyclic amines) is 1. The Morgan fingerprint density at radius 1 is 1.38 bits per heavy atom. The highest BCUT2D eigenvalue weighted by molar-refractivity contribution is 5.99. The van der Waals surface area contributed by atoms with Crippen LogP contribution in [0.5, 0.6) is 0 Å². The van der Waals surface area contributed by atoms with E-state index in [9.17, 15) is 19.1 Å². The monoisotopic (exact) mass is 294 g/mol. The molecule has 0 radical (unpaired) electrons. The molecule has 0 bridgehead atoms. The van der Waals surface area contributed by atoms with Gasteiger partial charge in [-0.1, -0.05) is 6.92 Å². The molecule has 0 atom stereocenters. The average molecular weight is 294 g/mol. The lowest BCUT2D eigenvalue weighted by Crippen LogP contribution is -2.46. The summed E-state index contributed by atoms with van der Waals surface area (Å²) in [7, 11) is 0. The summed E-state index contributed by atoms with van der Waals surface area (Å²) >= 11 is 0. The van der Waals surface area contributed by atoms with Gasteiger partial charge >= 0.3 is 5.97 Å². The second-order valence-corrected chi connectivity index (χ2v) is 5.46. The molecule has 1 amide bonds. The van der Waals surface area contributed by atoms with Crippen LogP contribution in [0.4, 0.5) is 10.1 Å². The van der Waals surface area contributed by atoms with Crippen LogP contribution in [-0.4, -0.2) is 35.0 Å². The van der Waals surface area contributed by atoms with Crippen LogP contribution in [0.3, 0.4) is 0 Å². The van der Waals surface area contributed by atoms with Crippen molar-refractivity contribution in [3.05, 3.63) is 29.6 Å². The van der Waals surface area contributed by atoms with E-state index >= 15 is 0 Å². The molecule has 1 aromatic carbocycles. The summed E-state index contributed by atoms with van der Waals surface area (Å²) in [5, 5.41) is 9.34. The number of nitrogens with zero attached hydrogens (tertiary/aromatic N) is 1. The molecule has 0 spiro atoms. The van der Waals surface area contributed by atoms with Crippen LogP contribution in [0.2, 0.25) is 0 Å². The molecule has 5 nitrogen and oxygen atoms in total. The number of rotatable bonds is 3. The fourth-order valence-electron chi connectivity index (χ4n) is 2.74. The third kappa shape index (κ3) is 2.84. The molecule has 1 aliphatic heterocycles. The summed E-state index contributed by atoms with van der Waals surface area (Å²) < 4.78 is 13.3. The van der Waals surface area contributed by atoms with Crippen LogP contribution in [0, 0.1) is 11.2 Å². The zero-order valence-corrected chi connectivity index (χ0v) is 11.9. The second-order valence-electron chi connectivity index (χ2n) is 5.46. The molecule has 1 aromatic rings. The van der Waals surface area contributed by atoms with Gasteiger partial charge in [0.15, 0.2) is 0 Å². The van der Waals surface area contributed by atoms with Gasteiger partial charge in [0, 0.05) is 18.8 Å². The van der Waals surface area contributed by atoms with Crippen molar-refractivity contribution < 1.29 is 19.1 Å². The van der Waals surface area contributed by atoms with Crippen molar-refractivity contribution in [2.24, 2.45) is 5.41 Å². The summed E-state index contributed by atoms with van der Waals surface area (Å²) in [5.41, 5.74) is 5.32. The lowest BCUT2D eigenvalue weighted by Gasteiger charge is -2.38. The van der Waals surface area contributed by atoms with Crippen LogP contribution >= 0.6 is 0 Å². The van der Waals surface area contributed by atoms with E-state index in [1.54, 1.807) is 4.90 Å². The summed E-state index contributed by atoms with van der Waals surface area (Å²) in [4.78, 5) is 25.3. The van der Waals surface area contributed by atoms with E-state index in [-0.39, 0.29) is 17.2 Å². The van der Waals surface area contributed by atoms with Crippen LogP contribution in [0.15, 0.2) is 18.2 Å². The van der Waals surface area contributed by atoms with E-state index in [4.69, 9.17) is 5.73 Å². The maximum absolute atomic E-state index is 13.3. The van der Waals surface area contributed by atoms with Gasteiger partial charge in [0.2, 0.25) is 0 Å². The predicted molar refractivity (Wildman–Crippen MR) is 76.3 cm³/mol. The Kier molecular flexibility index (Phi) is 4.16. The number of hydrogen-bond acceptors (Lipinski definition) is 3. The highest BCUT2D eigenvalue weighted by Gasteiger charge is 2.41. The molecule has 1 heterocycles. The van der Waals surface area contributed by atoms with Gasteiger partial charge in [-0.15, -0.1) is 0 Å². The number of benzene rings is 1. The van der Waals surface area contributed by atoms with Gasteiger partial charge in [0.25, 0.3) is 5.91 Å². The van der Waals surface area contributed by atoms with E-state index in [2.05, 4.69) is 0 Å². The van der Waals surface area contributed by atoms with Crippen molar-refractivity contribution in [3.8, 4) is 0 Å². The van der Waals surface area contributed by atoms with Gasteiger partial charge in [-0.3, -0.25) is 9.59 Å². The summed E-state index contributed by atoms with van der Waals surface area (Å²) in [5.74, 6) is -1.68. The molecule has 21 heavy (non-hydrogen) atoms. The summed E-state index contributed by atoms with van der Waals surface area (Å²) in [6.07, 6.45) is 1.34. The molecule has 0 saturated carbocycles. The normalized spacial score (nSPS) is 17.5. The lowest BCUT2D eigenvalue weighted by atomic mass is 9.76. The van der Waals surface area contributed by atoms with Gasteiger partial charge in [-0.25, -0.2) is 4.39 Å². The van der Waals surface area contributed by atoms with Crippen molar-refractivity contribution in [2.45, 2.75) is 26.2 Å². The Labute approximate surface area is 122 Å². The standard InChI is InChI=1S/C15H19FN2O3/c1-2-15(14(20)21)5-7-18(8-6-15)13(19)11-9-10(16)3-4-12(11)17/h3-4,9H,2,5-8,17H2,1H3,(H,20,21). The number of carboxylic acids is 1. The second kappa shape index (κ2) is 5.71. The van der Waals surface area contributed by atoms with E-state index in [1.165, 1.54) is 12.1 Å². The summed E-state index contributed by atoms with van der Waals surface area (Å²) in [6.45, 7) is 2.53. The molecule has 114 valence electrons. The summed E-state index contributed by atoms with van der Waals surface area (Å²) in [6, 6.07) is 3.69. The minimum absolute atomic E-state index is 0.134. The number of piperidine rings is 1. The van der Waals surface area contributed by atoms with Crippen LogP contribution in [0.1, 0.15) is 36.5 Å². The molecule has 1 aliphatic rings. The molecule has 0 aromatic heterocycles. The Balaban J connectivity index is 2.13. The minimum Gasteiger partial charge on any atom is -0.481 e. The van der Waals surface area contributed by atoms with E-state index in [1.807, 2.05) is 6.92 Å². The van der Waals surface area contributed by atoms with Gasteiger partial charge in [-0.05, 0) is 37.5 Å². The first-order valence-electron chi connectivity index (χ1n) is 6.97. The molecule has 3 N–H and O–H groups in total. The number of aliphatic carboxylic acids is 1. The quantitative estimate of drug-likeness (QED) is 0.836. The molecule has 6 heteroatoms. The Morgan fingerprint density at radius 3 is 2.52 bits per heavy atom. The minimum atomic E-state index is -0.817. The fraction of sp³-hybridized carbons (Fsp3) is 0.467. The van der Waals surface area contributed by atoms with Crippen molar-refractivity contribution in [2.75, 3.05) is 18.8 Å². The Bertz CT molecular complexity index is 566. The van der Waals surface area contributed by atoms with Crippen molar-refractivity contribution in [1.29, 1.82) is 0 Å². The Hall–Kier alpha value is -2.11. The number of nitrogen functional groups attached to an aromatic ring is 1. The highest BCUT2D eigenvalue weighted by atomic mass is 19.1. The smallest absolute Gasteiger partial charge is 0.309 e. The first-order valence-corrected chi connectivity index (χ1v) is 6.97. The zero-order valence-electron chi connectivity index (χ0n) is 11.9. The van der Waals surface area contributed by atoms with E-state index in [0.29, 0.717) is 32.4 Å². The SMILES string of the molecule is CCC1(C(=O)O)CCN(C(=O)c2cc(F)ccc2N)CC1. The largest absolute Gasteiger partial charge is 0.481 e. The first kappa shape index (κ1) is 15.3. The number of anilines is 1. The first-order chi connectivity index (χ1) is 9.89. The van der Waals surface area contributed by atoms with Gasteiger partial charge in [0.05, 0.1) is 11.0 Å². The number of carbonyl (C=O) groups is 2. The van der Waals surface area contributed by atoms with Gasteiger partial charge in [-0.2, -0.15) is 0 Å². The number of carbonyl (C=O) groups excluding carboxylic acids is 1. The molecular weight excluding hydrogens is 275 g/mol. The molecule has 1 fully saturated rings. The predicted octanol–water partition coefficient (Wildman–Crippen LogP) is 2.12. The molecular formula is C15H19FN2O3. The zero-order chi connectivity index (χ0) is 15.6. The van der Waals surface area contributed by atoms with Crippen molar-refractivity contribution in [3.63, 3.8) is 0 Å². The maximum atomic E-state index is 13.3. The van der Waals surface area contributed by atoms with Crippen LogP contribution in [0.25, 0.3) is 0 Å². The van der Waals surface area contributed by atoms with E-state index in [0.717, 1.165) is 6.07 Å². The Morgan fingerprint density at radius 2 is 2.00 bits per heavy atom.